The Kier molecular flexibility index (Phi) is 5.18. The zero-order chi connectivity index (χ0) is 21.9. The van der Waals surface area contributed by atoms with Gasteiger partial charge in [-0.15, -0.1) is 0 Å². The highest BCUT2D eigenvalue weighted by Gasteiger charge is 2.48. The van der Waals surface area contributed by atoms with Crippen LogP contribution in [-0.4, -0.2) is 40.2 Å². The third-order valence-corrected chi connectivity index (χ3v) is 9.36. The monoisotopic (exact) mass is 476 g/mol. The van der Waals surface area contributed by atoms with Crippen molar-refractivity contribution in [1.29, 1.82) is 0 Å². The number of rotatable bonds is 3. The molecule has 1 aromatic heterocycles. The van der Waals surface area contributed by atoms with Crippen molar-refractivity contribution < 1.29 is 21.9 Å². The molecule has 0 spiro atoms. The zero-order valence-corrected chi connectivity index (χ0v) is 19.1. The molecule has 0 unspecified atom stereocenters. The van der Waals surface area contributed by atoms with E-state index in [4.69, 9.17) is 23.2 Å². The smallest absolute Gasteiger partial charge is 0.232 e. The first kappa shape index (κ1) is 21.9. The molecule has 29 heavy (non-hydrogen) atoms. The van der Waals surface area contributed by atoms with Crippen LogP contribution >= 0.6 is 23.2 Å². The number of halogens is 2. The summed E-state index contributed by atoms with van der Waals surface area (Å²) in [6.45, 7) is 2.98. The Balaban J connectivity index is 2.45. The molecule has 1 aliphatic rings. The summed E-state index contributed by atoms with van der Waals surface area (Å²) in [5.74, 6) is -0.595. The molecule has 11 heteroatoms. The fourth-order valence-corrected chi connectivity index (χ4v) is 6.29. The van der Waals surface area contributed by atoms with E-state index in [1.54, 1.807) is 12.1 Å². The van der Waals surface area contributed by atoms with Gasteiger partial charge in [-0.3, -0.25) is 9.29 Å². The number of hydrogen-bond donors (Lipinski definition) is 1. The Morgan fingerprint density at radius 3 is 2.38 bits per heavy atom. The van der Waals surface area contributed by atoms with Crippen molar-refractivity contribution >= 4 is 59.4 Å². The normalized spacial score (nSPS) is 17.7. The lowest BCUT2D eigenvalue weighted by atomic mass is 9.98. The van der Waals surface area contributed by atoms with Gasteiger partial charge in [0.15, 0.2) is 15.6 Å². The maximum atomic E-state index is 13.5. The van der Waals surface area contributed by atoms with Gasteiger partial charge in [-0.05, 0) is 32.0 Å². The van der Waals surface area contributed by atoms with Gasteiger partial charge in [0.25, 0.3) is 0 Å². The molecule has 0 saturated heterocycles. The highest BCUT2D eigenvalue weighted by molar-refractivity contribution is 8.01. The Morgan fingerprint density at radius 2 is 1.79 bits per heavy atom. The predicted molar refractivity (Wildman–Crippen MR) is 115 cm³/mol. The van der Waals surface area contributed by atoms with Crippen LogP contribution in [0, 0.1) is 0 Å². The van der Waals surface area contributed by atoms with E-state index in [1.807, 2.05) is 0 Å². The van der Waals surface area contributed by atoms with Crippen LogP contribution in [0.15, 0.2) is 30.5 Å². The van der Waals surface area contributed by atoms with E-state index in [-0.39, 0.29) is 27.0 Å². The van der Waals surface area contributed by atoms with Gasteiger partial charge in [-0.25, -0.2) is 16.8 Å². The summed E-state index contributed by atoms with van der Waals surface area (Å²) in [6.07, 6.45) is 2.41. The van der Waals surface area contributed by atoms with E-state index in [9.17, 15) is 21.9 Å². The van der Waals surface area contributed by atoms with Crippen molar-refractivity contribution in [2.75, 3.05) is 17.6 Å². The summed E-state index contributed by atoms with van der Waals surface area (Å²) in [5, 5.41) is 10.6. The van der Waals surface area contributed by atoms with Crippen LogP contribution in [0.3, 0.4) is 0 Å². The van der Waals surface area contributed by atoms with Crippen molar-refractivity contribution in [3.63, 3.8) is 0 Å². The molecule has 1 aromatic carbocycles. The second kappa shape index (κ2) is 6.87. The van der Waals surface area contributed by atoms with Crippen LogP contribution in [0.2, 0.25) is 10.0 Å². The van der Waals surface area contributed by atoms with Crippen LogP contribution in [0.25, 0.3) is 10.7 Å². The molecule has 0 atom stereocenters. The number of fused-ring (bicyclic) bond motifs is 1. The molecule has 156 valence electrons. The van der Waals surface area contributed by atoms with Gasteiger partial charge in [-0.2, -0.15) is 0 Å². The quantitative estimate of drug-likeness (QED) is 0.721. The van der Waals surface area contributed by atoms with Crippen LogP contribution in [0.5, 0.6) is 0 Å². The number of nitrogens with zero attached hydrogens (tertiary/aromatic N) is 2. The van der Waals surface area contributed by atoms with E-state index < -0.39 is 35.3 Å². The third kappa shape index (κ3) is 3.20. The van der Waals surface area contributed by atoms with Gasteiger partial charge in [0.05, 0.1) is 26.7 Å². The van der Waals surface area contributed by atoms with Crippen molar-refractivity contribution in [2.45, 2.75) is 18.6 Å². The standard InChI is InChI=1S/C18H18Cl2N2O5S2/c1-18(2)10-6-5-9-21-15(10)16(23)17(29(18,26)27)13-11(19)7-8-12(14(13)20)22(3)28(4,24)25/h5-9,23H,1-4H3. The van der Waals surface area contributed by atoms with Gasteiger partial charge < -0.3 is 5.11 Å². The second-order valence-corrected chi connectivity index (χ2v) is 12.3. The summed E-state index contributed by atoms with van der Waals surface area (Å²) in [6, 6.07) is 5.84. The van der Waals surface area contributed by atoms with Crippen molar-refractivity contribution in [3.8, 4) is 0 Å². The molecule has 0 saturated carbocycles. The average Bonchev–Trinajstić information content (AvgIpc) is 2.62. The number of anilines is 1. The molecule has 7 nitrogen and oxygen atoms in total. The van der Waals surface area contributed by atoms with Gasteiger partial charge in [-0.1, -0.05) is 29.3 Å². The van der Waals surface area contributed by atoms with Crippen LogP contribution in [0.1, 0.15) is 30.7 Å². The Morgan fingerprint density at radius 1 is 1.17 bits per heavy atom. The van der Waals surface area contributed by atoms with Gasteiger partial charge in [0, 0.05) is 24.4 Å². The first-order chi connectivity index (χ1) is 13.2. The number of sulfonamides is 1. The molecule has 0 radical (unpaired) electrons. The zero-order valence-electron chi connectivity index (χ0n) is 15.9. The summed E-state index contributed by atoms with van der Waals surface area (Å²) in [4.78, 5) is 3.64. The fourth-order valence-electron chi connectivity index (χ4n) is 3.14. The minimum atomic E-state index is -4.19. The second-order valence-electron chi connectivity index (χ2n) is 7.08. The minimum absolute atomic E-state index is 0.0219. The summed E-state index contributed by atoms with van der Waals surface area (Å²) < 4.78 is 50.4. The molecule has 0 bridgehead atoms. The Bertz CT molecular complexity index is 1270. The van der Waals surface area contributed by atoms with E-state index in [0.29, 0.717) is 5.56 Å². The van der Waals surface area contributed by atoms with Crippen LogP contribution in [-0.2, 0) is 24.6 Å². The summed E-state index contributed by atoms with van der Waals surface area (Å²) >= 11 is 12.7. The number of hydrogen-bond acceptors (Lipinski definition) is 6. The lowest BCUT2D eigenvalue weighted by Gasteiger charge is -2.33. The van der Waals surface area contributed by atoms with Gasteiger partial charge in [0.2, 0.25) is 10.0 Å². The Hall–Kier alpha value is -1.81. The SMILES string of the molecule is CN(c1ccc(Cl)c(C2=C(O)c3ncccc3C(C)(C)S2(=O)=O)c1Cl)S(C)(=O)=O. The molecule has 3 rings (SSSR count). The molecule has 1 N–H and O–H groups in total. The predicted octanol–water partition coefficient (Wildman–Crippen LogP) is 3.83. The van der Waals surface area contributed by atoms with E-state index >= 15 is 0 Å². The number of sulfone groups is 1. The number of aliphatic hydroxyl groups excluding tert-OH is 1. The first-order valence-electron chi connectivity index (χ1n) is 8.29. The maximum absolute atomic E-state index is 13.5. The summed E-state index contributed by atoms with van der Waals surface area (Å²) in [5.41, 5.74) is 0.270. The average molecular weight is 477 g/mol. The molecule has 0 amide bonds. The highest BCUT2D eigenvalue weighted by atomic mass is 35.5. The molecule has 2 heterocycles. The lowest BCUT2D eigenvalue weighted by molar-refractivity contribution is 0.501. The highest BCUT2D eigenvalue weighted by Crippen LogP contribution is 2.51. The van der Waals surface area contributed by atoms with Gasteiger partial charge >= 0.3 is 0 Å². The molecule has 2 aromatic rings. The maximum Gasteiger partial charge on any atom is 0.232 e. The Labute approximate surface area is 179 Å². The molecule has 1 aliphatic heterocycles. The number of pyridine rings is 1. The van der Waals surface area contributed by atoms with Crippen LogP contribution in [0.4, 0.5) is 5.69 Å². The molecular formula is C18H18Cl2N2O5S2. The number of aliphatic hydroxyl groups is 1. The molecular weight excluding hydrogens is 459 g/mol. The minimum Gasteiger partial charge on any atom is -0.504 e. The van der Waals surface area contributed by atoms with Gasteiger partial charge in [0.1, 0.15) is 10.6 Å². The first-order valence-corrected chi connectivity index (χ1v) is 12.4. The van der Waals surface area contributed by atoms with Crippen molar-refractivity contribution in [3.05, 3.63) is 57.3 Å². The third-order valence-electron chi connectivity index (χ3n) is 4.97. The largest absolute Gasteiger partial charge is 0.504 e. The summed E-state index contributed by atoms with van der Waals surface area (Å²) in [7, 11) is -6.60. The lowest BCUT2D eigenvalue weighted by Crippen LogP contribution is -2.35. The van der Waals surface area contributed by atoms with Crippen LogP contribution < -0.4 is 4.31 Å². The number of benzene rings is 1. The molecule has 0 fully saturated rings. The topological polar surface area (TPSA) is 105 Å². The van der Waals surface area contributed by atoms with Crippen molar-refractivity contribution in [2.24, 2.45) is 0 Å². The van der Waals surface area contributed by atoms with E-state index in [0.717, 1.165) is 10.6 Å². The number of aromatic nitrogens is 1. The van der Waals surface area contributed by atoms with Crippen molar-refractivity contribution in [1.82, 2.24) is 4.98 Å². The fraction of sp³-hybridized carbons (Fsp3) is 0.278. The van der Waals surface area contributed by atoms with E-state index in [2.05, 4.69) is 4.98 Å². The van der Waals surface area contributed by atoms with E-state index in [1.165, 1.54) is 39.2 Å². The molecule has 0 aliphatic carbocycles.